The van der Waals surface area contributed by atoms with Crippen molar-refractivity contribution in [3.8, 4) is 11.7 Å². The molecule has 3 heterocycles. The maximum Gasteiger partial charge on any atom is 0.437 e. The molecule has 30 heavy (non-hydrogen) atoms. The van der Waals surface area contributed by atoms with Crippen LogP contribution in [0.2, 0.25) is 0 Å². The van der Waals surface area contributed by atoms with Crippen molar-refractivity contribution in [2.24, 2.45) is 0 Å². The molecule has 1 aromatic carbocycles. The predicted molar refractivity (Wildman–Crippen MR) is 95.5 cm³/mol. The van der Waals surface area contributed by atoms with Gasteiger partial charge in [0.05, 0.1) is 24.1 Å². The smallest absolute Gasteiger partial charge is 0.437 e. The van der Waals surface area contributed by atoms with Gasteiger partial charge in [-0.15, -0.1) is 5.10 Å². The first kappa shape index (κ1) is 19.5. The molecule has 0 spiro atoms. The summed E-state index contributed by atoms with van der Waals surface area (Å²) < 4.78 is 51.7. The van der Waals surface area contributed by atoms with E-state index in [-0.39, 0.29) is 23.0 Å². The van der Waals surface area contributed by atoms with Crippen LogP contribution in [0.15, 0.2) is 56.3 Å². The molecule has 0 saturated heterocycles. The number of carbonyl (C=O) groups excluding carboxylic acids is 2. The van der Waals surface area contributed by atoms with Gasteiger partial charge in [0.15, 0.2) is 5.76 Å². The largest absolute Gasteiger partial charge is 0.459 e. The fraction of sp³-hybridized carbons (Fsp3) is 0.222. The fourth-order valence-electron chi connectivity index (χ4n) is 3.11. The summed E-state index contributed by atoms with van der Waals surface area (Å²) in [6, 6.07) is 6.15. The molecule has 0 bridgehead atoms. The fourth-order valence-corrected chi connectivity index (χ4v) is 3.11. The van der Waals surface area contributed by atoms with Crippen LogP contribution in [0.4, 0.5) is 24.5 Å². The van der Waals surface area contributed by atoms with Gasteiger partial charge >= 0.3 is 11.9 Å². The van der Waals surface area contributed by atoms with Crippen LogP contribution in [-0.2, 0) is 16.1 Å². The summed E-state index contributed by atoms with van der Waals surface area (Å²) in [5.74, 6) is -3.14. The third-order valence-electron chi connectivity index (χ3n) is 4.40. The molecule has 9 nitrogen and oxygen atoms in total. The molecule has 4 rings (SSSR count). The van der Waals surface area contributed by atoms with E-state index in [1.807, 2.05) is 0 Å². The van der Waals surface area contributed by atoms with Crippen LogP contribution in [0.3, 0.4) is 0 Å². The molecule has 1 unspecified atom stereocenters. The highest BCUT2D eigenvalue weighted by Gasteiger charge is 2.49. The number of fused-ring (bicyclic) bond motifs is 1. The highest BCUT2D eigenvalue weighted by atomic mass is 19.4. The van der Waals surface area contributed by atoms with Crippen molar-refractivity contribution in [3.05, 3.63) is 53.2 Å². The first-order valence-electron chi connectivity index (χ1n) is 8.63. The van der Waals surface area contributed by atoms with E-state index < -0.39 is 42.8 Å². The monoisotopic (exact) mass is 422 g/mol. The Kier molecular flexibility index (Phi) is 4.68. The van der Waals surface area contributed by atoms with Gasteiger partial charge in [0.1, 0.15) is 12.6 Å². The van der Waals surface area contributed by atoms with Crippen LogP contribution in [0, 0.1) is 0 Å². The van der Waals surface area contributed by atoms with Crippen LogP contribution in [0.5, 0.6) is 0 Å². The number of benzene rings is 1. The highest BCUT2D eigenvalue weighted by Crippen LogP contribution is 2.37. The maximum atomic E-state index is 13.7. The van der Waals surface area contributed by atoms with E-state index >= 15 is 0 Å². The molecule has 0 radical (unpaired) electrons. The van der Waals surface area contributed by atoms with E-state index in [0.717, 1.165) is 0 Å². The van der Waals surface area contributed by atoms with E-state index in [1.165, 1.54) is 42.7 Å². The van der Waals surface area contributed by atoms with Crippen molar-refractivity contribution in [2.75, 3.05) is 10.2 Å². The molecule has 2 aromatic heterocycles. The van der Waals surface area contributed by atoms with Gasteiger partial charge in [0, 0.05) is 0 Å². The van der Waals surface area contributed by atoms with Crippen LogP contribution < -0.4 is 16.0 Å². The molecule has 0 aliphatic carbocycles. The number of rotatable bonds is 3. The molecule has 2 amide bonds. The number of nitrogens with one attached hydrogen (secondary N) is 1. The zero-order valence-electron chi connectivity index (χ0n) is 15.0. The average molecular weight is 422 g/mol. The average Bonchev–Trinajstić information content (AvgIpc) is 3.28. The Morgan fingerprint density at radius 2 is 1.97 bits per heavy atom. The van der Waals surface area contributed by atoms with Crippen molar-refractivity contribution in [3.63, 3.8) is 0 Å². The van der Waals surface area contributed by atoms with Crippen molar-refractivity contribution < 1.29 is 31.6 Å². The van der Waals surface area contributed by atoms with Crippen LogP contribution in [0.25, 0.3) is 11.7 Å². The summed E-state index contributed by atoms with van der Waals surface area (Å²) in [6.07, 6.45) is -4.57. The van der Waals surface area contributed by atoms with Crippen molar-refractivity contribution in [1.82, 2.24) is 9.78 Å². The van der Waals surface area contributed by atoms with Gasteiger partial charge in [-0.25, -0.2) is 4.79 Å². The molecule has 0 saturated carbocycles. The lowest BCUT2D eigenvalue weighted by atomic mass is 10.1. The number of furan rings is 1. The van der Waals surface area contributed by atoms with Crippen LogP contribution in [0.1, 0.15) is 6.42 Å². The Balaban J connectivity index is 1.72. The zero-order valence-corrected chi connectivity index (χ0v) is 15.0. The normalized spacial score (nSPS) is 16.7. The number of aromatic nitrogens is 2. The molecule has 12 heteroatoms. The number of amides is 2. The summed E-state index contributed by atoms with van der Waals surface area (Å²) >= 11 is 0. The predicted octanol–water partition coefficient (Wildman–Crippen LogP) is 2.40. The SMILES string of the molecule is O=C1CC(C(F)(F)F)N(C(=O)Cn2nc(-c3ccco3)oc2=O)c2ccccc2N1. The van der Waals surface area contributed by atoms with Crippen LogP contribution >= 0.6 is 0 Å². The summed E-state index contributed by atoms with van der Waals surface area (Å²) in [5, 5.41) is 6.16. The van der Waals surface area contributed by atoms with Gasteiger partial charge in [-0.05, 0) is 24.3 Å². The topological polar surface area (TPSA) is 111 Å². The third-order valence-corrected chi connectivity index (χ3v) is 4.40. The number of hydrogen-bond acceptors (Lipinski definition) is 6. The first-order chi connectivity index (χ1) is 14.2. The maximum absolute atomic E-state index is 13.7. The van der Waals surface area contributed by atoms with E-state index in [2.05, 4.69) is 10.4 Å². The molecule has 156 valence electrons. The van der Waals surface area contributed by atoms with Gasteiger partial charge in [-0.2, -0.15) is 17.9 Å². The second kappa shape index (κ2) is 7.21. The number of para-hydroxylation sites is 2. The van der Waals surface area contributed by atoms with Crippen molar-refractivity contribution in [2.45, 2.75) is 25.2 Å². The molecular weight excluding hydrogens is 409 g/mol. The number of nitrogens with zero attached hydrogens (tertiary/aromatic N) is 3. The standard InChI is InChI=1S/C18H13F3N4O5/c19-18(20,21)13-8-14(26)22-10-4-1-2-5-11(10)25(13)15(27)9-24-17(28)30-16(23-24)12-6-3-7-29-12/h1-7,13H,8-9H2,(H,22,26). The van der Waals surface area contributed by atoms with Crippen LogP contribution in [-0.4, -0.2) is 33.8 Å². The first-order valence-corrected chi connectivity index (χ1v) is 8.63. The highest BCUT2D eigenvalue weighted by molar-refractivity contribution is 6.04. The molecule has 1 aliphatic heterocycles. The number of halogens is 3. The quantitative estimate of drug-likeness (QED) is 0.694. The lowest BCUT2D eigenvalue weighted by molar-refractivity contribution is -0.158. The molecule has 1 aliphatic rings. The second-order valence-electron chi connectivity index (χ2n) is 6.40. The Bertz CT molecular complexity index is 1150. The van der Waals surface area contributed by atoms with Gasteiger partial charge in [-0.3, -0.25) is 14.5 Å². The van der Waals surface area contributed by atoms with E-state index in [0.29, 0.717) is 9.58 Å². The van der Waals surface area contributed by atoms with Gasteiger partial charge in [-0.1, -0.05) is 12.1 Å². The minimum absolute atomic E-state index is 0.0476. The molecular formula is C18H13F3N4O5. The van der Waals surface area contributed by atoms with Gasteiger partial charge < -0.3 is 14.2 Å². The lowest BCUT2D eigenvalue weighted by Crippen LogP contribution is -2.51. The molecule has 1 atom stereocenters. The Morgan fingerprint density at radius 3 is 2.67 bits per heavy atom. The number of carbonyl (C=O) groups is 2. The van der Waals surface area contributed by atoms with Gasteiger partial charge in [0.2, 0.25) is 11.8 Å². The summed E-state index contributed by atoms with van der Waals surface area (Å²) in [4.78, 5) is 37.4. The van der Waals surface area contributed by atoms with E-state index in [9.17, 15) is 27.6 Å². The Morgan fingerprint density at radius 1 is 1.20 bits per heavy atom. The Labute approximate surface area is 165 Å². The van der Waals surface area contributed by atoms with Gasteiger partial charge in [0.25, 0.3) is 5.89 Å². The molecule has 0 fully saturated rings. The lowest BCUT2D eigenvalue weighted by Gasteiger charge is -2.31. The Hall–Kier alpha value is -3.83. The number of anilines is 2. The summed E-state index contributed by atoms with van der Waals surface area (Å²) in [6.45, 7) is -0.835. The third kappa shape index (κ3) is 3.58. The van der Waals surface area contributed by atoms with E-state index in [1.54, 1.807) is 0 Å². The zero-order chi connectivity index (χ0) is 21.5. The number of alkyl halides is 3. The van der Waals surface area contributed by atoms with E-state index in [4.69, 9.17) is 8.83 Å². The van der Waals surface area contributed by atoms with Crippen molar-refractivity contribution in [1.29, 1.82) is 0 Å². The molecule has 1 N–H and O–H groups in total. The summed E-state index contributed by atoms with van der Waals surface area (Å²) in [5.41, 5.74) is -0.0927. The minimum atomic E-state index is -4.89. The second-order valence-corrected chi connectivity index (χ2v) is 6.40. The minimum Gasteiger partial charge on any atom is -0.459 e. The summed E-state index contributed by atoms with van der Waals surface area (Å²) in [7, 11) is 0. The number of hydrogen-bond donors (Lipinski definition) is 1. The van der Waals surface area contributed by atoms with Crippen molar-refractivity contribution >= 4 is 23.2 Å². The molecule has 3 aromatic rings.